The van der Waals surface area contributed by atoms with Crippen LogP contribution in [0.25, 0.3) is 11.5 Å². The van der Waals surface area contributed by atoms with Crippen LogP contribution in [0.5, 0.6) is 0 Å². The summed E-state index contributed by atoms with van der Waals surface area (Å²) in [6.07, 6.45) is 0. The van der Waals surface area contributed by atoms with Gasteiger partial charge in [0.25, 0.3) is 0 Å². The maximum Gasteiger partial charge on any atom is 0.315 e. The Morgan fingerprint density at radius 1 is 0.900 bits per heavy atom. The molecule has 4 rings (SSSR count). The highest BCUT2D eigenvalue weighted by atomic mass is 35.5. The van der Waals surface area contributed by atoms with Gasteiger partial charge >= 0.3 is 6.03 Å². The van der Waals surface area contributed by atoms with Gasteiger partial charge in [0.1, 0.15) is 6.04 Å². The van der Waals surface area contributed by atoms with Crippen LogP contribution in [-0.2, 0) is 6.54 Å². The number of urea groups is 1. The normalized spacial score (nSPS) is 11.6. The summed E-state index contributed by atoms with van der Waals surface area (Å²) in [5, 5.41) is 14.7. The van der Waals surface area contributed by atoms with Crippen LogP contribution in [0.3, 0.4) is 0 Å². The third-order valence-electron chi connectivity index (χ3n) is 4.48. The van der Waals surface area contributed by atoms with E-state index in [1.807, 2.05) is 72.8 Å². The first kappa shape index (κ1) is 19.7. The van der Waals surface area contributed by atoms with Gasteiger partial charge in [-0.05, 0) is 35.4 Å². The maximum atomic E-state index is 12.6. The van der Waals surface area contributed by atoms with Gasteiger partial charge in [0.2, 0.25) is 11.8 Å². The first-order valence-corrected chi connectivity index (χ1v) is 9.79. The average Bonchev–Trinajstić information content (AvgIpc) is 3.28. The van der Waals surface area contributed by atoms with Crippen molar-refractivity contribution in [2.75, 3.05) is 0 Å². The van der Waals surface area contributed by atoms with Crippen molar-refractivity contribution in [3.8, 4) is 11.5 Å². The Balaban J connectivity index is 1.55. The van der Waals surface area contributed by atoms with E-state index in [1.165, 1.54) is 0 Å². The second-order valence-electron chi connectivity index (χ2n) is 6.61. The number of aromatic nitrogens is 2. The largest absolute Gasteiger partial charge is 0.418 e. The summed E-state index contributed by atoms with van der Waals surface area (Å²) in [6, 6.07) is 25.3. The molecule has 1 aromatic heterocycles. The highest BCUT2D eigenvalue weighted by Gasteiger charge is 2.23. The van der Waals surface area contributed by atoms with Gasteiger partial charge in [-0.2, -0.15) is 0 Å². The predicted molar refractivity (Wildman–Crippen MR) is 115 cm³/mol. The summed E-state index contributed by atoms with van der Waals surface area (Å²) in [4.78, 5) is 12.6. The van der Waals surface area contributed by atoms with Crippen LogP contribution < -0.4 is 10.6 Å². The van der Waals surface area contributed by atoms with Gasteiger partial charge in [0.05, 0.1) is 0 Å². The van der Waals surface area contributed by atoms with Crippen molar-refractivity contribution >= 4 is 17.6 Å². The number of carbonyl (C=O) groups is 1. The second kappa shape index (κ2) is 9.24. The molecule has 0 unspecified atom stereocenters. The van der Waals surface area contributed by atoms with E-state index in [0.29, 0.717) is 17.5 Å². The van der Waals surface area contributed by atoms with E-state index in [4.69, 9.17) is 16.0 Å². The molecule has 2 amide bonds. The van der Waals surface area contributed by atoms with Gasteiger partial charge in [0, 0.05) is 17.1 Å². The molecular weight excluding hydrogens is 400 g/mol. The lowest BCUT2D eigenvalue weighted by Crippen LogP contribution is -2.38. The molecule has 6 nitrogen and oxygen atoms in total. The van der Waals surface area contributed by atoms with Gasteiger partial charge in [-0.3, -0.25) is 0 Å². The number of halogens is 1. The molecule has 0 bridgehead atoms. The Hall–Kier alpha value is -3.64. The molecule has 0 aliphatic carbocycles. The number of benzene rings is 3. The average molecular weight is 419 g/mol. The van der Waals surface area contributed by atoms with Crippen molar-refractivity contribution in [1.29, 1.82) is 0 Å². The van der Waals surface area contributed by atoms with E-state index in [1.54, 1.807) is 12.1 Å². The fraction of sp³-hybridized carbons (Fsp3) is 0.0870. The molecule has 0 aliphatic heterocycles. The summed E-state index contributed by atoms with van der Waals surface area (Å²) in [7, 11) is 0. The minimum Gasteiger partial charge on any atom is -0.418 e. The maximum absolute atomic E-state index is 12.6. The fourth-order valence-corrected chi connectivity index (χ4v) is 3.08. The minimum absolute atomic E-state index is 0.283. The Kier molecular flexibility index (Phi) is 6.06. The molecule has 3 aromatic carbocycles. The summed E-state index contributed by atoms with van der Waals surface area (Å²) < 4.78 is 5.88. The summed E-state index contributed by atoms with van der Waals surface area (Å²) >= 11 is 6.02. The number of hydrogen-bond donors (Lipinski definition) is 2. The van der Waals surface area contributed by atoms with Crippen LogP contribution in [0.15, 0.2) is 89.3 Å². The van der Waals surface area contributed by atoms with Crippen molar-refractivity contribution in [3.05, 3.63) is 107 Å². The number of rotatable bonds is 6. The molecule has 0 radical (unpaired) electrons. The molecule has 4 aromatic rings. The number of carbonyl (C=O) groups excluding carboxylic acids is 1. The van der Waals surface area contributed by atoms with Gasteiger partial charge in [-0.15, -0.1) is 10.2 Å². The quantitative estimate of drug-likeness (QED) is 0.462. The van der Waals surface area contributed by atoms with Crippen LogP contribution in [0.2, 0.25) is 5.02 Å². The van der Waals surface area contributed by atoms with Crippen LogP contribution in [0.4, 0.5) is 4.79 Å². The third-order valence-corrected chi connectivity index (χ3v) is 4.73. The molecule has 30 heavy (non-hydrogen) atoms. The van der Waals surface area contributed by atoms with E-state index in [-0.39, 0.29) is 11.9 Å². The lowest BCUT2D eigenvalue weighted by atomic mass is 10.1. The molecule has 150 valence electrons. The first-order chi connectivity index (χ1) is 14.7. The number of nitrogens with zero attached hydrogens (tertiary/aromatic N) is 2. The Bertz CT molecular complexity index is 1100. The Morgan fingerprint density at radius 3 is 2.27 bits per heavy atom. The lowest BCUT2D eigenvalue weighted by molar-refractivity contribution is 0.236. The SMILES string of the molecule is O=C(NCc1ccccc1)N[C@H](c1ccc(Cl)cc1)c1nnc(-c2ccccc2)o1. The van der Waals surface area contributed by atoms with Crippen LogP contribution in [0.1, 0.15) is 23.1 Å². The fourth-order valence-electron chi connectivity index (χ4n) is 2.95. The van der Waals surface area contributed by atoms with Gasteiger partial charge in [-0.25, -0.2) is 4.79 Å². The molecule has 1 atom stereocenters. The molecule has 0 aliphatic rings. The zero-order valence-electron chi connectivity index (χ0n) is 16.0. The summed E-state index contributed by atoms with van der Waals surface area (Å²) in [5.74, 6) is 0.669. The summed E-state index contributed by atoms with van der Waals surface area (Å²) in [6.45, 7) is 0.402. The predicted octanol–water partition coefficient (Wildman–Crippen LogP) is 4.98. The van der Waals surface area contributed by atoms with Crippen LogP contribution in [0, 0.1) is 0 Å². The zero-order chi connectivity index (χ0) is 20.8. The number of nitrogens with one attached hydrogen (secondary N) is 2. The molecule has 0 saturated carbocycles. The molecule has 0 spiro atoms. The standard InChI is InChI=1S/C23H19ClN4O2/c24-19-13-11-17(12-14-19)20(26-23(29)25-15-16-7-3-1-4-8-16)22-28-27-21(30-22)18-9-5-2-6-10-18/h1-14,20H,15H2,(H2,25,26,29)/t20-/m1/s1. The molecule has 0 saturated heterocycles. The van der Waals surface area contributed by atoms with Crippen LogP contribution in [-0.4, -0.2) is 16.2 Å². The zero-order valence-corrected chi connectivity index (χ0v) is 16.7. The van der Waals surface area contributed by atoms with Crippen molar-refractivity contribution in [2.24, 2.45) is 0 Å². The van der Waals surface area contributed by atoms with Crippen molar-refractivity contribution in [2.45, 2.75) is 12.6 Å². The molecule has 7 heteroatoms. The Morgan fingerprint density at radius 2 is 1.57 bits per heavy atom. The van der Waals surface area contributed by atoms with E-state index in [9.17, 15) is 4.79 Å². The lowest BCUT2D eigenvalue weighted by Gasteiger charge is -2.16. The van der Waals surface area contributed by atoms with Crippen molar-refractivity contribution < 1.29 is 9.21 Å². The molecular formula is C23H19ClN4O2. The topological polar surface area (TPSA) is 80.0 Å². The molecule has 2 N–H and O–H groups in total. The van der Waals surface area contributed by atoms with Crippen molar-refractivity contribution in [3.63, 3.8) is 0 Å². The van der Waals surface area contributed by atoms with E-state index >= 15 is 0 Å². The number of hydrogen-bond acceptors (Lipinski definition) is 4. The van der Waals surface area contributed by atoms with Gasteiger partial charge in [-0.1, -0.05) is 72.3 Å². The third kappa shape index (κ3) is 4.85. The van der Waals surface area contributed by atoms with E-state index in [0.717, 1.165) is 16.7 Å². The van der Waals surface area contributed by atoms with E-state index in [2.05, 4.69) is 20.8 Å². The molecule has 1 heterocycles. The van der Waals surface area contributed by atoms with E-state index < -0.39 is 6.04 Å². The number of amides is 2. The Labute approximate surface area is 178 Å². The van der Waals surface area contributed by atoms with Crippen LogP contribution >= 0.6 is 11.6 Å². The molecule has 0 fully saturated rings. The smallest absolute Gasteiger partial charge is 0.315 e. The monoisotopic (exact) mass is 418 g/mol. The minimum atomic E-state index is -0.622. The van der Waals surface area contributed by atoms with Gasteiger partial charge < -0.3 is 15.1 Å². The van der Waals surface area contributed by atoms with Crippen molar-refractivity contribution in [1.82, 2.24) is 20.8 Å². The highest BCUT2D eigenvalue weighted by Crippen LogP contribution is 2.26. The second-order valence-corrected chi connectivity index (χ2v) is 7.05. The van der Waals surface area contributed by atoms with Gasteiger partial charge in [0.15, 0.2) is 0 Å². The summed E-state index contributed by atoms with van der Waals surface area (Å²) in [5.41, 5.74) is 2.58. The highest BCUT2D eigenvalue weighted by molar-refractivity contribution is 6.30. The first-order valence-electron chi connectivity index (χ1n) is 9.41.